The molecule has 178 valence electrons. The molecule has 3 fully saturated rings. The van der Waals surface area contributed by atoms with Crippen LogP contribution >= 0.6 is 0 Å². The topological polar surface area (TPSA) is 103 Å². The summed E-state index contributed by atoms with van der Waals surface area (Å²) >= 11 is 0. The molecule has 1 atom stereocenters. The van der Waals surface area contributed by atoms with Crippen molar-refractivity contribution >= 4 is 21.8 Å². The Morgan fingerprint density at radius 2 is 1.59 bits per heavy atom. The third-order valence-electron chi connectivity index (χ3n) is 7.12. The van der Waals surface area contributed by atoms with E-state index in [1.165, 1.54) is 29.4 Å². The normalized spacial score (nSPS) is 24.1. The standard InChI is InChI=1S/C23H36N4O4S/c28-22(25-19-10-4-1-2-5-11-19)18-9-8-14-27(17-18)32(30,31)20-15-21(24-16-20)23(29)26-12-6-3-7-13-26/h15-16,18-19,24H,1-14,17H2,(H,25,28)/t18-/m1/s1. The molecule has 32 heavy (non-hydrogen) atoms. The van der Waals surface area contributed by atoms with E-state index >= 15 is 0 Å². The molecule has 1 aromatic heterocycles. The monoisotopic (exact) mass is 464 g/mol. The summed E-state index contributed by atoms with van der Waals surface area (Å²) < 4.78 is 27.9. The van der Waals surface area contributed by atoms with E-state index in [0.29, 0.717) is 38.2 Å². The quantitative estimate of drug-likeness (QED) is 0.654. The van der Waals surface area contributed by atoms with Crippen molar-refractivity contribution in [3.05, 3.63) is 18.0 Å². The van der Waals surface area contributed by atoms with Gasteiger partial charge in [0.05, 0.1) is 5.92 Å². The van der Waals surface area contributed by atoms with Crippen LogP contribution in [0.4, 0.5) is 0 Å². The highest BCUT2D eigenvalue weighted by atomic mass is 32.2. The zero-order valence-electron chi connectivity index (χ0n) is 18.9. The van der Waals surface area contributed by atoms with Crippen molar-refractivity contribution in [2.75, 3.05) is 26.2 Å². The number of amides is 2. The Bertz CT molecular complexity index is 899. The first-order valence-corrected chi connectivity index (χ1v) is 13.7. The molecule has 9 heteroatoms. The number of hydrogen-bond acceptors (Lipinski definition) is 4. The van der Waals surface area contributed by atoms with Crippen molar-refractivity contribution in [2.24, 2.45) is 5.92 Å². The number of likely N-dealkylation sites (tertiary alicyclic amines) is 1. The van der Waals surface area contributed by atoms with Crippen molar-refractivity contribution in [3.63, 3.8) is 0 Å². The zero-order valence-corrected chi connectivity index (χ0v) is 19.7. The van der Waals surface area contributed by atoms with E-state index in [2.05, 4.69) is 10.3 Å². The molecule has 8 nitrogen and oxygen atoms in total. The molecule has 3 aliphatic rings. The molecule has 0 bridgehead atoms. The van der Waals surface area contributed by atoms with E-state index in [1.54, 1.807) is 4.90 Å². The van der Waals surface area contributed by atoms with E-state index in [0.717, 1.165) is 44.9 Å². The van der Waals surface area contributed by atoms with Gasteiger partial charge < -0.3 is 15.2 Å². The number of aromatic amines is 1. The van der Waals surface area contributed by atoms with Crippen LogP contribution in [0.2, 0.25) is 0 Å². The molecule has 1 aromatic rings. The summed E-state index contributed by atoms with van der Waals surface area (Å²) in [5.41, 5.74) is 0.310. The van der Waals surface area contributed by atoms with E-state index in [1.807, 2.05) is 0 Å². The molecule has 0 unspecified atom stereocenters. The number of rotatable bonds is 5. The molecule has 4 rings (SSSR count). The van der Waals surface area contributed by atoms with Crippen molar-refractivity contribution < 1.29 is 18.0 Å². The van der Waals surface area contributed by atoms with E-state index in [9.17, 15) is 18.0 Å². The zero-order chi connectivity index (χ0) is 22.6. The fraction of sp³-hybridized carbons (Fsp3) is 0.739. The predicted octanol–water partition coefficient (Wildman–Crippen LogP) is 2.88. The van der Waals surface area contributed by atoms with Crippen LogP contribution in [-0.2, 0) is 14.8 Å². The highest BCUT2D eigenvalue weighted by Crippen LogP contribution is 2.26. The van der Waals surface area contributed by atoms with Crippen LogP contribution in [0.3, 0.4) is 0 Å². The summed E-state index contributed by atoms with van der Waals surface area (Å²) in [5, 5.41) is 3.18. The SMILES string of the molecule is O=C(NC1CCCCCC1)[C@@H]1CCCN(S(=O)(=O)c2c[nH]c(C(=O)N3CCCCC3)c2)C1. The average molecular weight is 465 g/mol. The van der Waals surface area contributed by atoms with Crippen LogP contribution in [0.1, 0.15) is 81.1 Å². The van der Waals surface area contributed by atoms with Crippen LogP contribution in [0.15, 0.2) is 17.2 Å². The molecule has 3 heterocycles. The third kappa shape index (κ3) is 5.36. The Labute approximate surface area is 191 Å². The maximum Gasteiger partial charge on any atom is 0.270 e. The molecule has 1 aliphatic carbocycles. The predicted molar refractivity (Wildman–Crippen MR) is 122 cm³/mol. The highest BCUT2D eigenvalue weighted by Gasteiger charge is 2.35. The lowest BCUT2D eigenvalue weighted by Gasteiger charge is -2.32. The van der Waals surface area contributed by atoms with Gasteiger partial charge in [-0.3, -0.25) is 9.59 Å². The lowest BCUT2D eigenvalue weighted by atomic mass is 9.97. The number of piperidine rings is 2. The van der Waals surface area contributed by atoms with Gasteiger partial charge in [-0.05, 0) is 51.0 Å². The lowest BCUT2D eigenvalue weighted by Crippen LogP contribution is -2.47. The Kier molecular flexibility index (Phi) is 7.55. The number of H-pyrrole nitrogens is 1. The van der Waals surface area contributed by atoms with Crippen LogP contribution in [0.25, 0.3) is 0 Å². The fourth-order valence-corrected chi connectivity index (χ4v) is 6.70. The summed E-state index contributed by atoms with van der Waals surface area (Å²) in [4.78, 5) is 30.3. The van der Waals surface area contributed by atoms with Crippen molar-refractivity contribution in [1.29, 1.82) is 0 Å². The number of nitrogens with zero attached hydrogens (tertiary/aromatic N) is 2. The van der Waals surface area contributed by atoms with Crippen molar-refractivity contribution in [3.8, 4) is 0 Å². The second-order valence-corrected chi connectivity index (χ2v) is 11.4. The molecule has 1 saturated carbocycles. The first-order chi connectivity index (χ1) is 15.4. The summed E-state index contributed by atoms with van der Waals surface area (Å²) in [7, 11) is -3.76. The Morgan fingerprint density at radius 1 is 0.906 bits per heavy atom. The van der Waals surface area contributed by atoms with Crippen LogP contribution in [0.5, 0.6) is 0 Å². The largest absolute Gasteiger partial charge is 0.356 e. The molecular formula is C23H36N4O4S. The smallest absolute Gasteiger partial charge is 0.270 e. The Balaban J connectivity index is 1.39. The Hall–Kier alpha value is -1.87. The molecule has 2 saturated heterocycles. The van der Waals surface area contributed by atoms with Crippen molar-refractivity contribution in [2.45, 2.75) is 81.6 Å². The van der Waals surface area contributed by atoms with Gasteiger partial charge in [0.2, 0.25) is 15.9 Å². The average Bonchev–Trinajstić information content (AvgIpc) is 3.19. The molecule has 0 radical (unpaired) electrons. The van der Waals surface area contributed by atoms with Crippen LogP contribution < -0.4 is 5.32 Å². The number of aromatic nitrogens is 1. The third-order valence-corrected chi connectivity index (χ3v) is 8.97. The molecular weight excluding hydrogens is 428 g/mol. The molecule has 2 N–H and O–H groups in total. The second kappa shape index (κ2) is 10.4. The first kappa shape index (κ1) is 23.3. The van der Waals surface area contributed by atoms with Crippen molar-refractivity contribution in [1.82, 2.24) is 19.5 Å². The van der Waals surface area contributed by atoms with E-state index in [4.69, 9.17) is 0 Å². The van der Waals surface area contributed by atoms with Gasteiger partial charge in [0.25, 0.3) is 5.91 Å². The minimum Gasteiger partial charge on any atom is -0.356 e. The maximum absolute atomic E-state index is 13.3. The maximum atomic E-state index is 13.3. The molecule has 2 amide bonds. The van der Waals surface area contributed by atoms with Crippen LogP contribution in [-0.4, -0.2) is 66.6 Å². The molecule has 0 spiro atoms. The highest BCUT2D eigenvalue weighted by molar-refractivity contribution is 7.89. The second-order valence-electron chi connectivity index (χ2n) is 9.50. The fourth-order valence-electron chi connectivity index (χ4n) is 5.18. The van der Waals surface area contributed by atoms with E-state index in [-0.39, 0.29) is 35.2 Å². The van der Waals surface area contributed by atoms with Gasteiger partial charge in [0.15, 0.2) is 0 Å². The number of carbonyl (C=O) groups excluding carboxylic acids is 2. The summed E-state index contributed by atoms with van der Waals surface area (Å²) in [6, 6.07) is 1.66. The molecule has 2 aliphatic heterocycles. The van der Waals surface area contributed by atoms with Gasteiger partial charge in [0, 0.05) is 38.4 Å². The number of hydrogen-bond donors (Lipinski definition) is 2. The summed E-state index contributed by atoms with van der Waals surface area (Å²) in [6.07, 6.45) is 12.6. The minimum absolute atomic E-state index is 0.0215. The van der Waals surface area contributed by atoms with Gasteiger partial charge >= 0.3 is 0 Å². The van der Waals surface area contributed by atoms with Gasteiger partial charge in [-0.1, -0.05) is 25.7 Å². The summed E-state index contributed by atoms with van der Waals surface area (Å²) in [6.45, 7) is 2.02. The van der Waals surface area contributed by atoms with Gasteiger partial charge in [-0.2, -0.15) is 4.31 Å². The lowest BCUT2D eigenvalue weighted by molar-refractivity contribution is -0.126. The number of carbonyl (C=O) groups is 2. The number of sulfonamides is 1. The minimum atomic E-state index is -3.76. The van der Waals surface area contributed by atoms with Gasteiger partial charge in [0.1, 0.15) is 10.6 Å². The first-order valence-electron chi connectivity index (χ1n) is 12.2. The van der Waals surface area contributed by atoms with Gasteiger partial charge in [-0.15, -0.1) is 0 Å². The molecule has 0 aromatic carbocycles. The Morgan fingerprint density at radius 3 is 2.31 bits per heavy atom. The van der Waals surface area contributed by atoms with Crippen LogP contribution in [0, 0.1) is 5.92 Å². The van der Waals surface area contributed by atoms with Gasteiger partial charge in [-0.25, -0.2) is 8.42 Å². The summed E-state index contributed by atoms with van der Waals surface area (Å²) in [5.74, 6) is -0.493. The van der Waals surface area contributed by atoms with E-state index < -0.39 is 10.0 Å². The number of nitrogens with one attached hydrogen (secondary N) is 2.